The zero-order valence-corrected chi connectivity index (χ0v) is 12.6. The van der Waals surface area contributed by atoms with E-state index in [1.165, 1.54) is 0 Å². The number of carbonyl (C=O) groups is 2. The Morgan fingerprint density at radius 1 is 1.35 bits per heavy atom. The first kappa shape index (κ1) is 16.7. The average Bonchev–Trinajstić information content (AvgIpc) is 2.38. The molecule has 0 saturated carbocycles. The monoisotopic (exact) mass is 286 g/mol. The molecule has 2 unspecified atom stereocenters. The standard InChI is InChI=1S/C13H26N4O3/c1-4-10(7-12(18)19)15-13(20)14-8-11-9-16(2)5-6-17(11)3/h10-11H,4-9H2,1-3H3,(H,18,19)(H2,14,15,20). The molecule has 0 aliphatic carbocycles. The molecule has 7 heteroatoms. The second-order valence-electron chi connectivity index (χ2n) is 5.45. The van der Waals surface area contributed by atoms with Gasteiger partial charge in [0.25, 0.3) is 0 Å². The van der Waals surface area contributed by atoms with Crippen molar-refractivity contribution in [3.63, 3.8) is 0 Å². The number of likely N-dealkylation sites (N-methyl/N-ethyl adjacent to an activating group) is 2. The highest BCUT2D eigenvalue weighted by Crippen LogP contribution is 2.04. The second kappa shape index (κ2) is 8.06. The van der Waals surface area contributed by atoms with Crippen molar-refractivity contribution in [2.75, 3.05) is 40.3 Å². The highest BCUT2D eigenvalue weighted by atomic mass is 16.4. The Morgan fingerprint density at radius 3 is 2.65 bits per heavy atom. The van der Waals surface area contributed by atoms with Crippen molar-refractivity contribution >= 4 is 12.0 Å². The molecule has 1 fully saturated rings. The molecule has 0 radical (unpaired) electrons. The summed E-state index contributed by atoms with van der Waals surface area (Å²) >= 11 is 0. The Bertz CT molecular complexity index is 338. The number of carbonyl (C=O) groups excluding carboxylic acids is 1. The molecule has 0 bridgehead atoms. The van der Waals surface area contributed by atoms with Gasteiger partial charge in [0.1, 0.15) is 0 Å². The van der Waals surface area contributed by atoms with Gasteiger partial charge in [-0.05, 0) is 20.5 Å². The second-order valence-corrected chi connectivity index (χ2v) is 5.45. The fourth-order valence-corrected chi connectivity index (χ4v) is 2.28. The predicted octanol–water partition coefficient (Wildman–Crippen LogP) is -0.215. The van der Waals surface area contributed by atoms with Crippen LogP contribution in [0.4, 0.5) is 4.79 Å². The molecule has 0 aromatic carbocycles. The van der Waals surface area contributed by atoms with Crippen LogP contribution in [-0.2, 0) is 4.79 Å². The first-order valence-corrected chi connectivity index (χ1v) is 7.07. The predicted molar refractivity (Wildman–Crippen MR) is 76.8 cm³/mol. The first-order chi connectivity index (χ1) is 9.42. The maximum atomic E-state index is 11.8. The van der Waals surface area contributed by atoms with Gasteiger partial charge in [-0.15, -0.1) is 0 Å². The number of hydrogen-bond acceptors (Lipinski definition) is 4. The molecule has 1 rings (SSSR count). The van der Waals surface area contributed by atoms with E-state index in [4.69, 9.17) is 5.11 Å². The molecule has 1 heterocycles. The number of aliphatic carboxylic acids is 1. The Balaban J connectivity index is 2.32. The SMILES string of the molecule is CCC(CC(=O)O)NC(=O)NCC1CN(C)CCN1C. The molecule has 0 aromatic heterocycles. The van der Waals surface area contributed by atoms with Crippen molar-refractivity contribution in [1.82, 2.24) is 20.4 Å². The number of urea groups is 1. The van der Waals surface area contributed by atoms with Crippen LogP contribution in [0.25, 0.3) is 0 Å². The van der Waals surface area contributed by atoms with Crippen LogP contribution in [0.1, 0.15) is 19.8 Å². The van der Waals surface area contributed by atoms with E-state index in [-0.39, 0.29) is 18.5 Å². The summed E-state index contributed by atoms with van der Waals surface area (Å²) in [5.41, 5.74) is 0. The third-order valence-corrected chi connectivity index (χ3v) is 3.73. The van der Waals surface area contributed by atoms with Crippen LogP contribution < -0.4 is 10.6 Å². The lowest BCUT2D eigenvalue weighted by Crippen LogP contribution is -2.55. The lowest BCUT2D eigenvalue weighted by atomic mass is 10.1. The van der Waals surface area contributed by atoms with Gasteiger partial charge < -0.3 is 20.6 Å². The molecule has 116 valence electrons. The molecular formula is C13H26N4O3. The third kappa shape index (κ3) is 5.75. The average molecular weight is 286 g/mol. The molecule has 20 heavy (non-hydrogen) atoms. The number of carboxylic acid groups (broad SMARTS) is 1. The molecule has 7 nitrogen and oxygen atoms in total. The van der Waals surface area contributed by atoms with Crippen LogP contribution in [-0.4, -0.2) is 79.3 Å². The van der Waals surface area contributed by atoms with Gasteiger partial charge in [-0.25, -0.2) is 4.79 Å². The summed E-state index contributed by atoms with van der Waals surface area (Å²) < 4.78 is 0. The number of amides is 2. The Labute approximate surface area is 120 Å². The highest BCUT2D eigenvalue weighted by molar-refractivity contribution is 5.75. The quantitative estimate of drug-likeness (QED) is 0.629. The van der Waals surface area contributed by atoms with Crippen LogP contribution >= 0.6 is 0 Å². The Hall–Kier alpha value is -1.34. The van der Waals surface area contributed by atoms with Crippen LogP contribution in [0, 0.1) is 0 Å². The molecule has 1 saturated heterocycles. The number of piperazine rings is 1. The molecule has 0 spiro atoms. The Morgan fingerprint density at radius 2 is 2.05 bits per heavy atom. The minimum Gasteiger partial charge on any atom is -0.481 e. The maximum Gasteiger partial charge on any atom is 0.315 e. The third-order valence-electron chi connectivity index (χ3n) is 3.73. The van der Waals surface area contributed by atoms with Gasteiger partial charge in [0, 0.05) is 38.3 Å². The van der Waals surface area contributed by atoms with Gasteiger partial charge in [0.05, 0.1) is 6.42 Å². The van der Waals surface area contributed by atoms with E-state index in [2.05, 4.69) is 34.5 Å². The van der Waals surface area contributed by atoms with Crippen molar-refractivity contribution < 1.29 is 14.7 Å². The smallest absolute Gasteiger partial charge is 0.315 e. The molecular weight excluding hydrogens is 260 g/mol. The van der Waals surface area contributed by atoms with E-state index in [1.807, 2.05) is 6.92 Å². The van der Waals surface area contributed by atoms with E-state index < -0.39 is 5.97 Å². The minimum atomic E-state index is -0.897. The summed E-state index contributed by atoms with van der Waals surface area (Å²) in [6, 6.07) is -0.321. The number of nitrogens with zero attached hydrogens (tertiary/aromatic N) is 2. The number of nitrogens with one attached hydrogen (secondary N) is 2. The number of hydrogen-bond donors (Lipinski definition) is 3. The fourth-order valence-electron chi connectivity index (χ4n) is 2.28. The molecule has 0 aromatic rings. The molecule has 1 aliphatic rings. The summed E-state index contributed by atoms with van der Waals surface area (Å²) in [6.45, 7) is 5.37. The van der Waals surface area contributed by atoms with E-state index in [9.17, 15) is 9.59 Å². The summed E-state index contributed by atoms with van der Waals surface area (Å²) in [6.07, 6.45) is 0.557. The van der Waals surface area contributed by atoms with E-state index in [1.54, 1.807) is 0 Å². The van der Waals surface area contributed by atoms with Gasteiger partial charge in [-0.2, -0.15) is 0 Å². The van der Waals surface area contributed by atoms with Crippen molar-refractivity contribution in [3.8, 4) is 0 Å². The van der Waals surface area contributed by atoms with E-state index in [0.717, 1.165) is 19.6 Å². The van der Waals surface area contributed by atoms with Gasteiger partial charge in [0.15, 0.2) is 0 Å². The van der Waals surface area contributed by atoms with Crippen molar-refractivity contribution in [3.05, 3.63) is 0 Å². The first-order valence-electron chi connectivity index (χ1n) is 7.07. The Kier molecular flexibility index (Phi) is 6.74. The lowest BCUT2D eigenvalue weighted by Gasteiger charge is -2.37. The van der Waals surface area contributed by atoms with Gasteiger partial charge in [0.2, 0.25) is 0 Å². The van der Waals surface area contributed by atoms with E-state index >= 15 is 0 Å². The molecule has 2 atom stereocenters. The molecule has 2 amide bonds. The summed E-state index contributed by atoms with van der Waals surface area (Å²) in [4.78, 5) is 26.9. The van der Waals surface area contributed by atoms with Crippen molar-refractivity contribution in [2.45, 2.75) is 31.8 Å². The van der Waals surface area contributed by atoms with Crippen LogP contribution in [0.3, 0.4) is 0 Å². The normalized spacial score (nSPS) is 22.2. The maximum absolute atomic E-state index is 11.8. The zero-order valence-electron chi connectivity index (χ0n) is 12.6. The molecule has 3 N–H and O–H groups in total. The van der Waals surface area contributed by atoms with E-state index in [0.29, 0.717) is 19.0 Å². The topological polar surface area (TPSA) is 84.9 Å². The van der Waals surface area contributed by atoms with Gasteiger partial charge in [-0.3, -0.25) is 9.69 Å². The van der Waals surface area contributed by atoms with Gasteiger partial charge >= 0.3 is 12.0 Å². The summed E-state index contributed by atoms with van der Waals surface area (Å²) in [7, 11) is 4.12. The highest BCUT2D eigenvalue weighted by Gasteiger charge is 2.22. The number of carboxylic acids is 1. The molecule has 1 aliphatic heterocycles. The minimum absolute atomic E-state index is 0.0456. The summed E-state index contributed by atoms with van der Waals surface area (Å²) in [5, 5.41) is 14.3. The zero-order chi connectivity index (χ0) is 15.1. The fraction of sp³-hybridized carbons (Fsp3) is 0.846. The van der Waals surface area contributed by atoms with Crippen LogP contribution in [0.5, 0.6) is 0 Å². The largest absolute Gasteiger partial charge is 0.481 e. The van der Waals surface area contributed by atoms with Gasteiger partial charge in [-0.1, -0.05) is 6.92 Å². The van der Waals surface area contributed by atoms with Crippen molar-refractivity contribution in [2.24, 2.45) is 0 Å². The summed E-state index contributed by atoms with van der Waals surface area (Å²) in [5.74, 6) is -0.897. The van der Waals surface area contributed by atoms with Crippen LogP contribution in [0.2, 0.25) is 0 Å². The lowest BCUT2D eigenvalue weighted by molar-refractivity contribution is -0.137. The van der Waals surface area contributed by atoms with Crippen molar-refractivity contribution in [1.29, 1.82) is 0 Å². The number of rotatable bonds is 6. The van der Waals surface area contributed by atoms with Crippen LogP contribution in [0.15, 0.2) is 0 Å².